The molecule has 0 heterocycles. The van der Waals surface area contributed by atoms with Crippen molar-refractivity contribution in [1.82, 2.24) is 5.32 Å². The molecule has 0 radical (unpaired) electrons. The third-order valence-electron chi connectivity index (χ3n) is 2.90. The molecule has 1 aromatic carbocycles. The van der Waals surface area contributed by atoms with Crippen molar-refractivity contribution in [2.24, 2.45) is 0 Å². The quantitative estimate of drug-likeness (QED) is 0.785. The lowest BCUT2D eigenvalue weighted by atomic mass is 10.0. The number of hydrogen-bond acceptors (Lipinski definition) is 4. The minimum Gasteiger partial charge on any atom is -0.469 e. The molecule has 1 amide bonds. The predicted octanol–water partition coefficient (Wildman–Crippen LogP) is 2.37. The van der Waals surface area contributed by atoms with Crippen LogP contribution in [0.2, 0.25) is 5.02 Å². The molecule has 0 bridgehead atoms. The number of amides is 1. The van der Waals surface area contributed by atoms with E-state index in [-0.39, 0.29) is 12.2 Å². The standard InChI is InChI=1S/C15H18ClNO4/c1-3-4-13(18)12(9-14(19)21-2)17-15(20)10-5-7-11(16)8-6-10/h5-8,12H,3-4,9H2,1-2H3,(H,17,20). The summed E-state index contributed by atoms with van der Waals surface area (Å²) in [6, 6.07) is 5.40. The number of nitrogens with one attached hydrogen (secondary N) is 1. The number of methoxy groups -OCH3 is 1. The third-order valence-corrected chi connectivity index (χ3v) is 3.15. The molecule has 5 nitrogen and oxygen atoms in total. The van der Waals surface area contributed by atoms with Gasteiger partial charge in [-0.05, 0) is 30.7 Å². The van der Waals surface area contributed by atoms with E-state index in [1.807, 2.05) is 6.92 Å². The first-order chi connectivity index (χ1) is 9.97. The maximum atomic E-state index is 12.1. The van der Waals surface area contributed by atoms with Gasteiger partial charge in [-0.1, -0.05) is 18.5 Å². The van der Waals surface area contributed by atoms with Gasteiger partial charge in [-0.15, -0.1) is 0 Å². The maximum absolute atomic E-state index is 12.1. The van der Waals surface area contributed by atoms with Gasteiger partial charge in [-0.25, -0.2) is 0 Å². The molecule has 21 heavy (non-hydrogen) atoms. The number of rotatable bonds is 7. The summed E-state index contributed by atoms with van der Waals surface area (Å²) in [6.45, 7) is 1.86. The van der Waals surface area contributed by atoms with Crippen molar-refractivity contribution in [2.45, 2.75) is 32.2 Å². The van der Waals surface area contributed by atoms with E-state index >= 15 is 0 Å². The molecular formula is C15H18ClNO4. The van der Waals surface area contributed by atoms with Gasteiger partial charge in [0.2, 0.25) is 0 Å². The Kier molecular flexibility index (Phi) is 6.88. The molecule has 0 aliphatic carbocycles. The van der Waals surface area contributed by atoms with E-state index in [0.717, 1.165) is 0 Å². The van der Waals surface area contributed by atoms with Crippen LogP contribution in [0.4, 0.5) is 0 Å². The maximum Gasteiger partial charge on any atom is 0.308 e. The molecule has 1 atom stereocenters. The summed E-state index contributed by atoms with van der Waals surface area (Å²) in [6.07, 6.45) is 0.768. The highest BCUT2D eigenvalue weighted by molar-refractivity contribution is 6.30. The molecule has 0 spiro atoms. The molecule has 0 aliphatic heterocycles. The fraction of sp³-hybridized carbons (Fsp3) is 0.400. The van der Waals surface area contributed by atoms with Crippen molar-refractivity contribution < 1.29 is 19.1 Å². The Morgan fingerprint density at radius 1 is 1.24 bits per heavy atom. The molecule has 0 saturated carbocycles. The highest BCUT2D eigenvalue weighted by Gasteiger charge is 2.23. The molecule has 0 aromatic heterocycles. The van der Waals surface area contributed by atoms with Gasteiger partial charge in [0, 0.05) is 17.0 Å². The SMILES string of the molecule is CCCC(=O)C(CC(=O)OC)NC(=O)c1ccc(Cl)cc1. The Balaban J connectivity index is 2.79. The van der Waals surface area contributed by atoms with Gasteiger partial charge in [0.15, 0.2) is 5.78 Å². The summed E-state index contributed by atoms with van der Waals surface area (Å²) < 4.78 is 4.55. The molecule has 6 heteroatoms. The molecule has 1 N–H and O–H groups in total. The van der Waals surface area contributed by atoms with Crippen molar-refractivity contribution in [3.8, 4) is 0 Å². The summed E-state index contributed by atoms with van der Waals surface area (Å²) >= 11 is 5.75. The van der Waals surface area contributed by atoms with Crippen LogP contribution >= 0.6 is 11.6 Å². The van der Waals surface area contributed by atoms with Crippen molar-refractivity contribution in [3.63, 3.8) is 0 Å². The number of benzene rings is 1. The Morgan fingerprint density at radius 3 is 2.38 bits per heavy atom. The van der Waals surface area contributed by atoms with E-state index in [2.05, 4.69) is 10.1 Å². The molecule has 1 rings (SSSR count). The minimum atomic E-state index is -0.874. The zero-order chi connectivity index (χ0) is 15.8. The van der Waals surface area contributed by atoms with E-state index in [4.69, 9.17) is 11.6 Å². The van der Waals surface area contributed by atoms with Gasteiger partial charge in [0.05, 0.1) is 19.6 Å². The smallest absolute Gasteiger partial charge is 0.308 e. The van der Waals surface area contributed by atoms with E-state index in [1.54, 1.807) is 24.3 Å². The molecular weight excluding hydrogens is 294 g/mol. The number of ether oxygens (including phenoxy) is 1. The van der Waals surface area contributed by atoms with Gasteiger partial charge < -0.3 is 10.1 Å². The monoisotopic (exact) mass is 311 g/mol. The molecule has 0 aliphatic rings. The predicted molar refractivity (Wildman–Crippen MR) is 79.3 cm³/mol. The van der Waals surface area contributed by atoms with Crippen LogP contribution in [0.5, 0.6) is 0 Å². The summed E-state index contributed by atoms with van der Waals surface area (Å²) in [5.74, 6) is -1.16. The number of hydrogen-bond donors (Lipinski definition) is 1. The molecule has 114 valence electrons. The highest BCUT2D eigenvalue weighted by atomic mass is 35.5. The van der Waals surface area contributed by atoms with Crippen LogP contribution in [0.1, 0.15) is 36.5 Å². The number of halogens is 1. The first-order valence-electron chi connectivity index (χ1n) is 6.63. The zero-order valence-corrected chi connectivity index (χ0v) is 12.8. The Morgan fingerprint density at radius 2 is 1.86 bits per heavy atom. The van der Waals surface area contributed by atoms with Crippen LogP contribution in [0, 0.1) is 0 Å². The van der Waals surface area contributed by atoms with Crippen LogP contribution in [-0.2, 0) is 14.3 Å². The molecule has 0 saturated heterocycles. The second kappa shape index (κ2) is 8.42. The van der Waals surface area contributed by atoms with Crippen molar-refractivity contribution in [2.75, 3.05) is 7.11 Å². The van der Waals surface area contributed by atoms with Crippen LogP contribution in [0.3, 0.4) is 0 Å². The summed E-state index contributed by atoms with van der Waals surface area (Å²) in [4.78, 5) is 35.4. The van der Waals surface area contributed by atoms with E-state index < -0.39 is 17.9 Å². The summed E-state index contributed by atoms with van der Waals surface area (Å²) in [7, 11) is 1.24. The lowest BCUT2D eigenvalue weighted by molar-refractivity contribution is -0.142. The van der Waals surface area contributed by atoms with Gasteiger partial charge in [-0.3, -0.25) is 14.4 Å². The topological polar surface area (TPSA) is 72.5 Å². The van der Waals surface area contributed by atoms with E-state index in [9.17, 15) is 14.4 Å². The number of carbonyl (C=O) groups excluding carboxylic acids is 3. The van der Waals surface area contributed by atoms with Crippen LogP contribution in [0.25, 0.3) is 0 Å². The fourth-order valence-corrected chi connectivity index (χ4v) is 1.88. The minimum absolute atomic E-state index is 0.172. The second-order valence-electron chi connectivity index (χ2n) is 4.53. The van der Waals surface area contributed by atoms with Crippen molar-refractivity contribution in [3.05, 3.63) is 34.9 Å². The lowest BCUT2D eigenvalue weighted by Gasteiger charge is -2.16. The molecule has 1 unspecified atom stereocenters. The molecule has 1 aromatic rings. The van der Waals surface area contributed by atoms with Gasteiger partial charge in [0.1, 0.15) is 0 Å². The van der Waals surface area contributed by atoms with E-state index in [0.29, 0.717) is 23.4 Å². The van der Waals surface area contributed by atoms with Crippen LogP contribution in [-0.4, -0.2) is 30.8 Å². The second-order valence-corrected chi connectivity index (χ2v) is 4.97. The Labute approximate surface area is 128 Å². The third kappa shape index (κ3) is 5.55. The van der Waals surface area contributed by atoms with E-state index in [1.165, 1.54) is 7.11 Å². The lowest BCUT2D eigenvalue weighted by Crippen LogP contribution is -2.42. The van der Waals surface area contributed by atoms with Crippen LogP contribution in [0.15, 0.2) is 24.3 Å². The van der Waals surface area contributed by atoms with Crippen molar-refractivity contribution >= 4 is 29.3 Å². The first-order valence-corrected chi connectivity index (χ1v) is 7.01. The number of ketones is 1. The molecule has 0 fully saturated rings. The summed E-state index contributed by atoms with van der Waals surface area (Å²) in [5, 5.41) is 3.08. The van der Waals surface area contributed by atoms with Crippen LogP contribution < -0.4 is 5.32 Å². The number of Topliss-reactive ketones (excluding diaryl/α,β-unsaturated/α-hetero) is 1. The van der Waals surface area contributed by atoms with Crippen molar-refractivity contribution in [1.29, 1.82) is 0 Å². The fourth-order valence-electron chi connectivity index (χ4n) is 1.76. The Hall–Kier alpha value is -1.88. The highest BCUT2D eigenvalue weighted by Crippen LogP contribution is 2.10. The van der Waals surface area contributed by atoms with Gasteiger partial charge in [0.25, 0.3) is 5.91 Å². The average molecular weight is 312 g/mol. The summed E-state index contributed by atoms with van der Waals surface area (Å²) in [5.41, 5.74) is 0.374. The van der Waals surface area contributed by atoms with Gasteiger partial charge >= 0.3 is 5.97 Å². The zero-order valence-electron chi connectivity index (χ0n) is 12.0. The van der Waals surface area contributed by atoms with Gasteiger partial charge in [-0.2, -0.15) is 0 Å². The normalized spacial score (nSPS) is 11.6. The largest absolute Gasteiger partial charge is 0.469 e. The number of carbonyl (C=O) groups is 3. The average Bonchev–Trinajstić information content (AvgIpc) is 2.47. The Bertz CT molecular complexity index is 513. The number of esters is 1. The first kappa shape index (κ1) is 17.2.